The second-order valence-electron chi connectivity index (χ2n) is 4.43. The molecule has 0 spiro atoms. The number of halogens is 3. The molecule has 0 bridgehead atoms. The van der Waals surface area contributed by atoms with E-state index in [9.17, 15) is 13.2 Å². The minimum atomic E-state index is -3.76. The first-order chi connectivity index (χ1) is 10.8. The number of benzene rings is 1. The molecule has 130 valence electrons. The molecule has 0 aromatic heterocycles. The van der Waals surface area contributed by atoms with Gasteiger partial charge in [-0.2, -0.15) is 0 Å². The molecule has 1 amide bonds. The van der Waals surface area contributed by atoms with Gasteiger partial charge in [-0.25, -0.2) is 13.1 Å². The Kier molecular flexibility index (Phi) is 8.42. The number of carbonyl (C=O) groups excluding carboxylic acids is 1. The van der Waals surface area contributed by atoms with Crippen molar-refractivity contribution in [3.05, 3.63) is 28.8 Å². The van der Waals surface area contributed by atoms with E-state index in [0.717, 1.165) is 0 Å². The number of carbonyl (C=O) groups is 1. The summed E-state index contributed by atoms with van der Waals surface area (Å²) in [4.78, 5) is 11.3. The Morgan fingerprint density at radius 2 is 2.04 bits per heavy atom. The van der Waals surface area contributed by atoms with Gasteiger partial charge in [0.15, 0.2) is 0 Å². The molecular formula is C13H17Cl3N2O4S. The van der Waals surface area contributed by atoms with E-state index in [1.807, 2.05) is 0 Å². The van der Waals surface area contributed by atoms with Crippen LogP contribution in [0.5, 0.6) is 5.75 Å². The highest BCUT2D eigenvalue weighted by molar-refractivity contribution is 7.92. The molecule has 1 aromatic carbocycles. The van der Waals surface area contributed by atoms with Gasteiger partial charge in [-0.3, -0.25) is 4.79 Å². The van der Waals surface area contributed by atoms with Gasteiger partial charge in [-0.15, -0.1) is 0 Å². The molecular weight excluding hydrogens is 387 g/mol. The van der Waals surface area contributed by atoms with Crippen LogP contribution in [-0.4, -0.2) is 31.6 Å². The number of sulfonamides is 1. The Morgan fingerprint density at radius 1 is 1.35 bits per heavy atom. The van der Waals surface area contributed by atoms with E-state index in [4.69, 9.17) is 39.5 Å². The van der Waals surface area contributed by atoms with Gasteiger partial charge in [0, 0.05) is 24.5 Å². The molecule has 0 aliphatic rings. The number of hydrogen-bond acceptors (Lipinski definition) is 4. The molecule has 0 aliphatic carbocycles. The van der Waals surface area contributed by atoms with Gasteiger partial charge in [0.2, 0.25) is 20.1 Å². The second-order valence-corrected chi connectivity index (χ2v) is 8.30. The van der Waals surface area contributed by atoms with Crippen LogP contribution in [0.4, 0.5) is 0 Å². The summed E-state index contributed by atoms with van der Waals surface area (Å²) >= 11 is 16.7. The smallest absolute Gasteiger partial charge is 0.242 e. The molecule has 23 heavy (non-hydrogen) atoms. The number of nitrogens with one attached hydrogen (secondary N) is 2. The first-order valence-corrected chi connectivity index (χ1v) is 9.50. The Balaban J connectivity index is 2.53. The van der Waals surface area contributed by atoms with Crippen molar-refractivity contribution in [2.45, 2.75) is 24.1 Å². The minimum absolute atomic E-state index is 0.0167. The van der Waals surface area contributed by atoms with E-state index < -0.39 is 14.2 Å². The lowest BCUT2D eigenvalue weighted by atomic mass is 10.2. The maximum absolute atomic E-state index is 11.3. The summed E-state index contributed by atoms with van der Waals surface area (Å²) in [7, 11) is -3.76. The standard InChI is InChI=1S/C13H17Cl3N2O4S/c1-2-12(19)17-8-9-7-10(3-4-11(9)14)22-6-5-18-23(20,21)13(15)16/h3-4,7,13,18H,2,5-6,8H2,1H3,(H,17,19). The van der Waals surface area contributed by atoms with Crippen LogP contribution in [0, 0.1) is 0 Å². The quantitative estimate of drug-likeness (QED) is 0.490. The second kappa shape index (κ2) is 9.54. The fraction of sp³-hybridized carbons (Fsp3) is 0.462. The van der Waals surface area contributed by atoms with Crippen molar-refractivity contribution in [2.24, 2.45) is 0 Å². The lowest BCUT2D eigenvalue weighted by Gasteiger charge is -2.11. The summed E-state index contributed by atoms with van der Waals surface area (Å²) < 4.78 is 28.8. The summed E-state index contributed by atoms with van der Waals surface area (Å²) in [5.74, 6) is 0.418. The molecule has 0 saturated carbocycles. The first-order valence-electron chi connectivity index (χ1n) is 6.70. The van der Waals surface area contributed by atoms with Gasteiger partial charge in [0.25, 0.3) is 0 Å². The van der Waals surface area contributed by atoms with Crippen LogP contribution in [0.1, 0.15) is 18.9 Å². The Morgan fingerprint density at radius 3 is 2.65 bits per heavy atom. The zero-order chi connectivity index (χ0) is 17.5. The van der Waals surface area contributed by atoms with Crippen molar-refractivity contribution in [2.75, 3.05) is 13.2 Å². The Bertz CT molecular complexity index is 638. The Labute approximate surface area is 150 Å². The summed E-state index contributed by atoms with van der Waals surface area (Å²) in [5, 5.41) is 3.22. The van der Waals surface area contributed by atoms with Crippen LogP contribution < -0.4 is 14.8 Å². The molecule has 0 fully saturated rings. The van der Waals surface area contributed by atoms with Crippen molar-refractivity contribution in [1.29, 1.82) is 0 Å². The molecule has 10 heteroatoms. The Hall–Kier alpha value is -0.730. The maximum Gasteiger partial charge on any atom is 0.242 e. The van der Waals surface area contributed by atoms with Crippen molar-refractivity contribution in [3.8, 4) is 5.75 Å². The van der Waals surface area contributed by atoms with Gasteiger partial charge in [-0.05, 0) is 23.8 Å². The van der Waals surface area contributed by atoms with Gasteiger partial charge in [0.05, 0.1) is 0 Å². The molecule has 0 aliphatic heterocycles. The third-order valence-corrected chi connectivity index (χ3v) is 5.57. The SMILES string of the molecule is CCC(=O)NCc1cc(OCCNS(=O)(=O)C(Cl)Cl)ccc1Cl. The van der Waals surface area contributed by atoms with Gasteiger partial charge < -0.3 is 10.1 Å². The summed E-state index contributed by atoms with van der Waals surface area (Å²) in [6, 6.07) is 4.97. The fourth-order valence-electron chi connectivity index (χ4n) is 1.51. The number of rotatable bonds is 9. The molecule has 2 N–H and O–H groups in total. The minimum Gasteiger partial charge on any atom is -0.492 e. The lowest BCUT2D eigenvalue weighted by Crippen LogP contribution is -2.31. The zero-order valence-electron chi connectivity index (χ0n) is 12.3. The number of amides is 1. The highest BCUT2D eigenvalue weighted by Gasteiger charge is 2.18. The van der Waals surface area contributed by atoms with Crippen LogP contribution in [-0.2, 0) is 21.4 Å². The average molecular weight is 404 g/mol. The highest BCUT2D eigenvalue weighted by atomic mass is 35.5. The van der Waals surface area contributed by atoms with E-state index in [1.54, 1.807) is 25.1 Å². The number of ether oxygens (including phenoxy) is 1. The van der Waals surface area contributed by atoms with E-state index >= 15 is 0 Å². The van der Waals surface area contributed by atoms with E-state index in [0.29, 0.717) is 22.8 Å². The van der Waals surface area contributed by atoms with Crippen molar-refractivity contribution in [1.82, 2.24) is 10.0 Å². The normalized spacial score (nSPS) is 11.5. The molecule has 0 saturated heterocycles. The van der Waals surface area contributed by atoms with E-state index in [-0.39, 0.29) is 25.6 Å². The molecule has 1 aromatic rings. The van der Waals surface area contributed by atoms with Crippen LogP contribution in [0.15, 0.2) is 18.2 Å². The highest BCUT2D eigenvalue weighted by Crippen LogP contribution is 2.22. The number of hydrogen-bond donors (Lipinski definition) is 2. The van der Waals surface area contributed by atoms with Crippen molar-refractivity contribution >= 4 is 50.7 Å². The maximum atomic E-state index is 11.3. The molecule has 0 unspecified atom stereocenters. The monoisotopic (exact) mass is 402 g/mol. The molecule has 6 nitrogen and oxygen atoms in total. The third-order valence-electron chi connectivity index (χ3n) is 2.72. The van der Waals surface area contributed by atoms with Gasteiger partial charge in [-0.1, -0.05) is 41.7 Å². The van der Waals surface area contributed by atoms with Crippen LogP contribution in [0.25, 0.3) is 0 Å². The van der Waals surface area contributed by atoms with E-state index in [2.05, 4.69) is 10.0 Å². The van der Waals surface area contributed by atoms with Gasteiger partial charge in [0.1, 0.15) is 12.4 Å². The topological polar surface area (TPSA) is 84.5 Å². The molecule has 0 atom stereocenters. The zero-order valence-corrected chi connectivity index (χ0v) is 15.4. The predicted molar refractivity (Wildman–Crippen MR) is 91.5 cm³/mol. The van der Waals surface area contributed by atoms with Crippen LogP contribution in [0.3, 0.4) is 0 Å². The third kappa shape index (κ3) is 7.14. The molecule has 1 rings (SSSR count). The van der Waals surface area contributed by atoms with Crippen molar-refractivity contribution < 1.29 is 17.9 Å². The average Bonchev–Trinajstić information content (AvgIpc) is 2.51. The van der Waals surface area contributed by atoms with Gasteiger partial charge >= 0.3 is 0 Å². The predicted octanol–water partition coefficient (Wildman–Crippen LogP) is 2.43. The molecule has 0 radical (unpaired) electrons. The summed E-state index contributed by atoms with van der Waals surface area (Å²) in [5.41, 5.74) is 0.702. The molecule has 0 heterocycles. The van der Waals surface area contributed by atoms with E-state index in [1.165, 1.54) is 0 Å². The lowest BCUT2D eigenvalue weighted by molar-refractivity contribution is -0.120. The first kappa shape index (κ1) is 20.3. The van der Waals surface area contributed by atoms with Crippen LogP contribution in [0.2, 0.25) is 5.02 Å². The summed E-state index contributed by atoms with van der Waals surface area (Å²) in [6.45, 7) is 2.14. The number of alkyl halides is 2. The largest absolute Gasteiger partial charge is 0.492 e. The fourth-order valence-corrected chi connectivity index (χ4v) is 2.57. The van der Waals surface area contributed by atoms with Crippen molar-refractivity contribution in [3.63, 3.8) is 0 Å². The van der Waals surface area contributed by atoms with Crippen LogP contribution >= 0.6 is 34.8 Å². The summed E-state index contributed by atoms with van der Waals surface area (Å²) in [6.07, 6.45) is 0.385.